The lowest BCUT2D eigenvalue weighted by Crippen LogP contribution is -2.30. The van der Waals surface area contributed by atoms with E-state index in [-0.39, 0.29) is 5.88 Å². The van der Waals surface area contributed by atoms with Crippen molar-refractivity contribution >= 4 is 10.1 Å². The summed E-state index contributed by atoms with van der Waals surface area (Å²) in [5.41, 5.74) is 0. The lowest BCUT2D eigenvalue weighted by molar-refractivity contribution is 0.318. The largest absolute Gasteiger partial charge is 0.381 e. The number of hydrogen-bond acceptors (Lipinski definition) is 5. The Kier molecular flexibility index (Phi) is 3.23. The van der Waals surface area contributed by atoms with E-state index in [2.05, 4.69) is 0 Å². The molecule has 17 heavy (non-hydrogen) atoms. The Balaban J connectivity index is 1.98. The normalized spacial score (nSPS) is 15.4. The molecule has 0 saturated carbocycles. The van der Waals surface area contributed by atoms with Gasteiger partial charge in [0.25, 0.3) is 0 Å². The van der Waals surface area contributed by atoms with E-state index in [1.807, 2.05) is 18.1 Å². The highest BCUT2D eigenvalue weighted by Crippen LogP contribution is 2.13. The Morgan fingerprint density at radius 3 is 2.53 bits per heavy atom. The van der Waals surface area contributed by atoms with Gasteiger partial charge in [0, 0.05) is 19.4 Å². The molecule has 92 valence electrons. The van der Waals surface area contributed by atoms with Gasteiger partial charge in [-0.05, 0) is 12.1 Å². The first-order valence-electron chi connectivity index (χ1n) is 5.15. The van der Waals surface area contributed by atoms with Gasteiger partial charge in [0.1, 0.15) is 5.75 Å². The maximum Gasteiger partial charge on any atom is 0.327 e. The Hall–Kier alpha value is -1.69. The van der Waals surface area contributed by atoms with Crippen molar-refractivity contribution in [2.24, 2.45) is 0 Å². The van der Waals surface area contributed by atoms with Crippen LogP contribution in [0.5, 0.6) is 5.75 Å². The van der Waals surface area contributed by atoms with Crippen LogP contribution < -0.4 is 4.18 Å². The van der Waals surface area contributed by atoms with E-state index in [1.165, 1.54) is 0 Å². The maximum absolute atomic E-state index is 11.7. The van der Waals surface area contributed by atoms with E-state index < -0.39 is 10.1 Å². The van der Waals surface area contributed by atoms with Gasteiger partial charge in [-0.2, -0.15) is 8.42 Å². The minimum atomic E-state index is -3.59. The van der Waals surface area contributed by atoms with Crippen LogP contribution in [0.15, 0.2) is 42.7 Å². The minimum absolute atomic E-state index is 0.150. The molecule has 0 spiro atoms. The summed E-state index contributed by atoms with van der Waals surface area (Å²) in [6, 6.07) is 8.49. The van der Waals surface area contributed by atoms with Gasteiger partial charge < -0.3 is 14.0 Å². The summed E-state index contributed by atoms with van der Waals surface area (Å²) < 4.78 is 28.5. The van der Waals surface area contributed by atoms with Gasteiger partial charge in [-0.15, -0.1) is 0 Å². The molecule has 1 aromatic carbocycles. The van der Waals surface area contributed by atoms with Gasteiger partial charge in [0.05, 0.1) is 6.67 Å². The molecule has 0 bridgehead atoms. The molecule has 2 rings (SSSR count). The van der Waals surface area contributed by atoms with E-state index in [4.69, 9.17) is 4.18 Å². The molecule has 1 aliphatic heterocycles. The molecule has 6 heteroatoms. The fourth-order valence-corrected chi connectivity index (χ4v) is 2.56. The van der Waals surface area contributed by atoms with E-state index in [1.54, 1.807) is 41.4 Å². The number of hydrogen-bond donors (Lipinski definition) is 0. The third-order valence-electron chi connectivity index (χ3n) is 2.23. The van der Waals surface area contributed by atoms with E-state index >= 15 is 0 Å². The smallest absolute Gasteiger partial charge is 0.327 e. The molecular weight excluding hydrogens is 240 g/mol. The summed E-state index contributed by atoms with van der Waals surface area (Å²) in [5, 5.41) is 0. The monoisotopic (exact) mass is 254 g/mol. The Morgan fingerprint density at radius 1 is 1.24 bits per heavy atom. The molecule has 0 N–H and O–H groups in total. The van der Waals surface area contributed by atoms with Crippen molar-refractivity contribution in [3.05, 3.63) is 42.7 Å². The topological polar surface area (TPSA) is 49.9 Å². The number of rotatable bonds is 4. The fourth-order valence-electron chi connectivity index (χ4n) is 1.52. The van der Waals surface area contributed by atoms with Crippen molar-refractivity contribution < 1.29 is 12.6 Å². The second kappa shape index (κ2) is 4.67. The molecule has 1 heterocycles. The average molecular weight is 254 g/mol. The van der Waals surface area contributed by atoms with Crippen LogP contribution in [0.1, 0.15) is 0 Å². The lowest BCUT2D eigenvalue weighted by atomic mass is 10.3. The van der Waals surface area contributed by atoms with Crippen molar-refractivity contribution in [2.45, 2.75) is 0 Å². The molecule has 0 saturated heterocycles. The average Bonchev–Trinajstić information content (AvgIpc) is 2.63. The predicted molar refractivity (Wildman–Crippen MR) is 64.5 cm³/mol. The van der Waals surface area contributed by atoms with Crippen LogP contribution in [0.25, 0.3) is 0 Å². The first-order valence-corrected chi connectivity index (χ1v) is 6.73. The number of para-hydroxylation sites is 1. The predicted octanol–water partition coefficient (Wildman–Crippen LogP) is 1.03. The zero-order valence-corrected chi connectivity index (χ0v) is 10.3. The molecular formula is C11H14N2O3S. The highest BCUT2D eigenvalue weighted by atomic mass is 32.2. The SMILES string of the molecule is CN1C=CN(CS(=O)(=O)Oc2ccccc2)C1. The third-order valence-corrected chi connectivity index (χ3v) is 3.32. The van der Waals surface area contributed by atoms with Crippen LogP contribution in [0.3, 0.4) is 0 Å². The summed E-state index contributed by atoms with van der Waals surface area (Å²) in [4.78, 5) is 3.55. The van der Waals surface area contributed by atoms with Gasteiger partial charge in [-0.1, -0.05) is 18.2 Å². The van der Waals surface area contributed by atoms with Gasteiger partial charge in [0.15, 0.2) is 5.88 Å². The zero-order valence-electron chi connectivity index (χ0n) is 9.48. The first-order chi connectivity index (χ1) is 8.05. The van der Waals surface area contributed by atoms with Crippen LogP contribution in [-0.4, -0.2) is 37.8 Å². The van der Waals surface area contributed by atoms with Crippen LogP contribution in [0, 0.1) is 0 Å². The molecule has 0 unspecified atom stereocenters. The number of nitrogens with zero attached hydrogens (tertiary/aromatic N) is 2. The molecule has 0 amide bonds. The van der Waals surface area contributed by atoms with Crippen molar-refractivity contribution in [3.63, 3.8) is 0 Å². The highest BCUT2D eigenvalue weighted by Gasteiger charge is 2.19. The minimum Gasteiger partial charge on any atom is -0.381 e. The van der Waals surface area contributed by atoms with Crippen LogP contribution >= 0.6 is 0 Å². The van der Waals surface area contributed by atoms with Crippen molar-refractivity contribution in [1.82, 2.24) is 9.80 Å². The summed E-state index contributed by atoms with van der Waals surface area (Å²) in [6.07, 6.45) is 3.55. The quantitative estimate of drug-likeness (QED) is 0.751. The van der Waals surface area contributed by atoms with Crippen molar-refractivity contribution in [1.29, 1.82) is 0 Å². The summed E-state index contributed by atoms with van der Waals surface area (Å²) in [7, 11) is -1.72. The molecule has 0 atom stereocenters. The fraction of sp³-hybridized carbons (Fsp3) is 0.273. The van der Waals surface area contributed by atoms with E-state index in [9.17, 15) is 8.42 Å². The number of benzene rings is 1. The highest BCUT2D eigenvalue weighted by molar-refractivity contribution is 7.87. The standard InChI is InChI=1S/C11H14N2O3S/c1-12-7-8-13(9-12)10-17(14,15)16-11-5-3-2-4-6-11/h2-8H,9-10H2,1H3. The van der Waals surface area contributed by atoms with Gasteiger partial charge in [0.2, 0.25) is 0 Å². The third kappa shape index (κ3) is 3.39. The molecule has 0 fully saturated rings. The van der Waals surface area contributed by atoms with Gasteiger partial charge in [-0.3, -0.25) is 0 Å². The van der Waals surface area contributed by atoms with Crippen molar-refractivity contribution in [3.8, 4) is 5.75 Å². The van der Waals surface area contributed by atoms with Crippen LogP contribution in [0.2, 0.25) is 0 Å². The summed E-state index contributed by atoms with van der Waals surface area (Å²) >= 11 is 0. The van der Waals surface area contributed by atoms with E-state index in [0.717, 1.165) is 0 Å². The second-order valence-corrected chi connectivity index (χ2v) is 5.41. The molecule has 0 aromatic heterocycles. The first kappa shape index (κ1) is 11.8. The second-order valence-electron chi connectivity index (χ2n) is 3.87. The zero-order chi connectivity index (χ0) is 12.3. The summed E-state index contributed by atoms with van der Waals surface area (Å²) in [6.45, 7) is 0.553. The molecule has 1 aromatic rings. The molecule has 1 aliphatic rings. The molecule has 0 aliphatic carbocycles. The van der Waals surface area contributed by atoms with Crippen LogP contribution in [-0.2, 0) is 10.1 Å². The lowest BCUT2D eigenvalue weighted by Gasteiger charge is -2.17. The van der Waals surface area contributed by atoms with Gasteiger partial charge >= 0.3 is 10.1 Å². The van der Waals surface area contributed by atoms with Crippen molar-refractivity contribution in [2.75, 3.05) is 19.6 Å². The maximum atomic E-state index is 11.7. The van der Waals surface area contributed by atoms with Gasteiger partial charge in [-0.25, -0.2) is 0 Å². The van der Waals surface area contributed by atoms with Crippen LogP contribution in [0.4, 0.5) is 0 Å². The molecule has 5 nitrogen and oxygen atoms in total. The Labute approximate surface area is 101 Å². The Morgan fingerprint density at radius 2 is 1.94 bits per heavy atom. The summed E-state index contributed by atoms with van der Waals surface area (Å²) in [5.74, 6) is 0.187. The van der Waals surface area contributed by atoms with E-state index in [0.29, 0.717) is 12.4 Å². The molecule has 0 radical (unpaired) electrons. The Bertz CT molecular complexity index is 499.